The van der Waals surface area contributed by atoms with Crippen molar-refractivity contribution in [1.82, 2.24) is 9.97 Å². The number of nitrogens with one attached hydrogen (secondary N) is 1. The highest BCUT2D eigenvalue weighted by atomic mass is 35.5. The van der Waals surface area contributed by atoms with E-state index < -0.39 is 0 Å². The predicted molar refractivity (Wildman–Crippen MR) is 72.4 cm³/mol. The number of nitrogens with zero attached hydrogens (tertiary/aromatic N) is 2. The molecule has 0 saturated heterocycles. The number of nitrogens with two attached hydrogens (primary N) is 1. The van der Waals surface area contributed by atoms with Gasteiger partial charge in [-0.25, -0.2) is 4.98 Å². The monoisotopic (exact) mass is 278 g/mol. The molecule has 6 nitrogen and oxygen atoms in total. The molecule has 0 bridgehead atoms. The summed E-state index contributed by atoms with van der Waals surface area (Å²) in [5.41, 5.74) is 5.90. The summed E-state index contributed by atoms with van der Waals surface area (Å²) in [7, 11) is 1.56. The Balaban J connectivity index is 2.15. The zero-order chi connectivity index (χ0) is 13.8. The van der Waals surface area contributed by atoms with Gasteiger partial charge < -0.3 is 15.8 Å². The molecule has 0 saturated carbocycles. The fourth-order valence-corrected chi connectivity index (χ4v) is 1.62. The Morgan fingerprint density at radius 1 is 1.32 bits per heavy atom. The minimum Gasteiger partial charge on any atom is -0.497 e. The largest absolute Gasteiger partial charge is 0.497 e. The highest BCUT2D eigenvalue weighted by Crippen LogP contribution is 2.15. The first-order valence-corrected chi connectivity index (χ1v) is 5.72. The minimum atomic E-state index is -0.322. The molecule has 98 valence electrons. The molecule has 0 unspecified atom stereocenters. The first-order chi connectivity index (χ1) is 9.08. The Labute approximate surface area is 114 Å². The normalized spacial score (nSPS) is 10.0. The van der Waals surface area contributed by atoms with Crippen LogP contribution in [0.3, 0.4) is 0 Å². The van der Waals surface area contributed by atoms with E-state index >= 15 is 0 Å². The van der Waals surface area contributed by atoms with Gasteiger partial charge in [0.05, 0.1) is 7.11 Å². The summed E-state index contributed by atoms with van der Waals surface area (Å²) in [5.74, 6) is 0.596. The standard InChI is InChI=1S/C12H11ClN4O2/c1-19-8-4-2-7(3-5-8)11(18)16-10-6-9(13)15-12(14)17-10/h2-6H,1H3,(H3,14,15,16,17,18). The Kier molecular flexibility index (Phi) is 3.82. The van der Waals surface area contributed by atoms with Gasteiger partial charge in [0.15, 0.2) is 0 Å². The van der Waals surface area contributed by atoms with Crippen LogP contribution in [0.25, 0.3) is 0 Å². The molecule has 0 aliphatic rings. The summed E-state index contributed by atoms with van der Waals surface area (Å²) >= 11 is 5.72. The highest BCUT2D eigenvalue weighted by molar-refractivity contribution is 6.29. The maximum atomic E-state index is 11.9. The zero-order valence-corrected chi connectivity index (χ0v) is 10.8. The van der Waals surface area contributed by atoms with Gasteiger partial charge >= 0.3 is 0 Å². The van der Waals surface area contributed by atoms with Gasteiger partial charge in [0.1, 0.15) is 16.7 Å². The number of amides is 1. The minimum absolute atomic E-state index is 0.00229. The lowest BCUT2D eigenvalue weighted by molar-refractivity contribution is 0.102. The number of benzene rings is 1. The summed E-state index contributed by atoms with van der Waals surface area (Å²) in [6, 6.07) is 8.08. The van der Waals surface area contributed by atoms with Crippen LogP contribution in [-0.2, 0) is 0 Å². The van der Waals surface area contributed by atoms with Crippen LogP contribution >= 0.6 is 11.6 Å². The SMILES string of the molecule is COc1ccc(C(=O)Nc2cc(Cl)nc(N)n2)cc1. The molecule has 0 atom stereocenters. The Morgan fingerprint density at radius 3 is 2.58 bits per heavy atom. The lowest BCUT2D eigenvalue weighted by Crippen LogP contribution is -2.13. The number of carbonyl (C=O) groups excluding carboxylic acids is 1. The van der Waals surface area contributed by atoms with Crippen molar-refractivity contribution >= 4 is 29.3 Å². The van der Waals surface area contributed by atoms with Gasteiger partial charge in [0, 0.05) is 11.6 Å². The first kappa shape index (κ1) is 13.1. The van der Waals surface area contributed by atoms with Crippen molar-refractivity contribution < 1.29 is 9.53 Å². The average Bonchev–Trinajstić information content (AvgIpc) is 2.37. The van der Waals surface area contributed by atoms with Crippen molar-refractivity contribution in [3.8, 4) is 5.75 Å². The third-order valence-electron chi connectivity index (χ3n) is 2.31. The van der Waals surface area contributed by atoms with Gasteiger partial charge in [-0.15, -0.1) is 0 Å². The van der Waals surface area contributed by atoms with E-state index in [1.807, 2.05) is 0 Å². The van der Waals surface area contributed by atoms with Crippen molar-refractivity contribution in [2.45, 2.75) is 0 Å². The van der Waals surface area contributed by atoms with Crippen molar-refractivity contribution in [2.75, 3.05) is 18.2 Å². The molecule has 1 heterocycles. The number of anilines is 2. The van der Waals surface area contributed by atoms with E-state index in [0.29, 0.717) is 11.3 Å². The van der Waals surface area contributed by atoms with E-state index in [1.54, 1.807) is 31.4 Å². The van der Waals surface area contributed by atoms with Crippen molar-refractivity contribution in [2.24, 2.45) is 0 Å². The maximum absolute atomic E-state index is 11.9. The molecule has 1 amide bonds. The Morgan fingerprint density at radius 2 is 2.00 bits per heavy atom. The second kappa shape index (κ2) is 5.53. The molecule has 3 N–H and O–H groups in total. The summed E-state index contributed by atoms with van der Waals surface area (Å²) in [5, 5.41) is 2.75. The summed E-state index contributed by atoms with van der Waals surface area (Å²) < 4.78 is 5.01. The Bertz CT molecular complexity index is 581. The van der Waals surface area contributed by atoms with Crippen LogP contribution in [0, 0.1) is 0 Å². The topological polar surface area (TPSA) is 90.1 Å². The first-order valence-electron chi connectivity index (χ1n) is 5.34. The molecular weight excluding hydrogens is 268 g/mol. The van der Waals surface area contributed by atoms with Crippen LogP contribution in [0.5, 0.6) is 5.75 Å². The van der Waals surface area contributed by atoms with Crippen LogP contribution in [0.2, 0.25) is 5.15 Å². The predicted octanol–water partition coefficient (Wildman–Crippen LogP) is 1.97. The van der Waals surface area contributed by atoms with E-state index in [0.717, 1.165) is 0 Å². The molecule has 2 rings (SSSR count). The van der Waals surface area contributed by atoms with Crippen molar-refractivity contribution in [1.29, 1.82) is 0 Å². The quantitative estimate of drug-likeness (QED) is 0.838. The fraction of sp³-hybridized carbons (Fsp3) is 0.0833. The van der Waals surface area contributed by atoms with E-state index in [1.165, 1.54) is 6.07 Å². The molecule has 0 aliphatic carbocycles. The van der Waals surface area contributed by atoms with Crippen LogP contribution < -0.4 is 15.8 Å². The number of halogens is 1. The van der Waals surface area contributed by atoms with Crippen LogP contribution in [0.1, 0.15) is 10.4 Å². The van der Waals surface area contributed by atoms with Gasteiger partial charge in [-0.2, -0.15) is 4.98 Å². The summed E-state index contributed by atoms with van der Waals surface area (Å²) in [4.78, 5) is 19.5. The molecule has 1 aromatic carbocycles. The zero-order valence-electron chi connectivity index (χ0n) is 10.1. The third kappa shape index (κ3) is 3.32. The third-order valence-corrected chi connectivity index (χ3v) is 2.50. The van der Waals surface area contributed by atoms with Crippen LogP contribution in [0.15, 0.2) is 30.3 Å². The average molecular weight is 279 g/mol. The van der Waals surface area contributed by atoms with E-state index in [-0.39, 0.29) is 22.8 Å². The number of carbonyl (C=O) groups is 1. The summed E-state index contributed by atoms with van der Waals surface area (Å²) in [6.07, 6.45) is 0. The van der Waals surface area contributed by atoms with Gasteiger partial charge in [-0.3, -0.25) is 4.79 Å². The van der Waals surface area contributed by atoms with Crippen LogP contribution in [-0.4, -0.2) is 23.0 Å². The molecule has 2 aromatic rings. The number of hydrogen-bond acceptors (Lipinski definition) is 5. The Hall–Kier alpha value is -2.34. The number of hydrogen-bond donors (Lipinski definition) is 2. The van der Waals surface area contributed by atoms with Gasteiger partial charge in [0.25, 0.3) is 5.91 Å². The molecule has 0 fully saturated rings. The maximum Gasteiger partial charge on any atom is 0.256 e. The second-order valence-corrected chi connectivity index (χ2v) is 4.00. The van der Waals surface area contributed by atoms with Gasteiger partial charge in [-0.05, 0) is 24.3 Å². The number of aromatic nitrogens is 2. The van der Waals surface area contributed by atoms with Crippen LogP contribution in [0.4, 0.5) is 11.8 Å². The number of methoxy groups -OCH3 is 1. The van der Waals surface area contributed by atoms with Crippen molar-refractivity contribution in [3.63, 3.8) is 0 Å². The molecule has 0 radical (unpaired) electrons. The number of rotatable bonds is 3. The number of ether oxygens (including phenoxy) is 1. The molecular formula is C12H11ClN4O2. The molecule has 19 heavy (non-hydrogen) atoms. The van der Waals surface area contributed by atoms with Gasteiger partial charge in [0.2, 0.25) is 5.95 Å². The van der Waals surface area contributed by atoms with Gasteiger partial charge in [-0.1, -0.05) is 11.6 Å². The van der Waals surface area contributed by atoms with E-state index in [4.69, 9.17) is 22.1 Å². The lowest BCUT2D eigenvalue weighted by atomic mass is 10.2. The molecule has 0 spiro atoms. The second-order valence-electron chi connectivity index (χ2n) is 3.62. The lowest BCUT2D eigenvalue weighted by Gasteiger charge is -2.06. The highest BCUT2D eigenvalue weighted by Gasteiger charge is 2.08. The molecule has 0 aliphatic heterocycles. The van der Waals surface area contributed by atoms with Crippen molar-refractivity contribution in [3.05, 3.63) is 41.0 Å². The van der Waals surface area contributed by atoms with E-state index in [9.17, 15) is 4.79 Å². The van der Waals surface area contributed by atoms with E-state index in [2.05, 4.69) is 15.3 Å². The molecule has 1 aromatic heterocycles. The smallest absolute Gasteiger partial charge is 0.256 e. The number of nitrogen functional groups attached to an aromatic ring is 1. The molecule has 7 heteroatoms. The fourth-order valence-electron chi connectivity index (χ4n) is 1.43. The summed E-state index contributed by atoms with van der Waals surface area (Å²) in [6.45, 7) is 0.